The average Bonchev–Trinajstić information content (AvgIpc) is 2.86. The molecule has 1 saturated heterocycles. The van der Waals surface area contributed by atoms with Gasteiger partial charge in [0.2, 0.25) is 12.1 Å². The topological polar surface area (TPSA) is 207 Å². The maximum atomic E-state index is 13.2. The summed E-state index contributed by atoms with van der Waals surface area (Å²) >= 11 is 0. The fourth-order valence-corrected chi connectivity index (χ4v) is 4.46. The highest BCUT2D eigenvalue weighted by molar-refractivity contribution is 6.06. The predicted octanol–water partition coefficient (Wildman–Crippen LogP) is -0.343. The summed E-state index contributed by atoms with van der Waals surface area (Å²) in [5.41, 5.74) is -1.07. The molecule has 2 aromatic rings. The molecule has 38 heavy (non-hydrogen) atoms. The summed E-state index contributed by atoms with van der Waals surface area (Å²) in [7, 11) is 0. The normalized spacial score (nSPS) is 29.5. The van der Waals surface area contributed by atoms with Crippen molar-refractivity contribution in [3.63, 3.8) is 0 Å². The summed E-state index contributed by atoms with van der Waals surface area (Å²) in [4.78, 5) is 13.2. The molecule has 208 valence electrons. The number of rotatable bonds is 7. The van der Waals surface area contributed by atoms with Crippen molar-refractivity contribution < 1.29 is 59.9 Å². The zero-order valence-electron chi connectivity index (χ0n) is 20.8. The maximum Gasteiger partial charge on any atom is 0.229 e. The highest BCUT2D eigenvalue weighted by Gasteiger charge is 2.46. The van der Waals surface area contributed by atoms with Crippen molar-refractivity contribution in [2.75, 3.05) is 6.61 Å². The van der Waals surface area contributed by atoms with Crippen LogP contribution >= 0.6 is 0 Å². The predicted molar refractivity (Wildman–Crippen MR) is 129 cm³/mol. The van der Waals surface area contributed by atoms with E-state index in [1.54, 1.807) is 13.8 Å². The number of aliphatic hydroxyl groups is 6. The minimum Gasteiger partial charge on any atom is -0.508 e. The van der Waals surface area contributed by atoms with E-state index in [4.69, 9.17) is 14.2 Å². The van der Waals surface area contributed by atoms with Crippen LogP contribution < -0.4 is 9.47 Å². The first-order valence-electron chi connectivity index (χ1n) is 12.1. The van der Waals surface area contributed by atoms with E-state index < -0.39 is 66.7 Å². The zero-order valence-corrected chi connectivity index (χ0v) is 20.8. The third-order valence-corrected chi connectivity index (χ3v) is 6.68. The number of phenolic OH excluding ortho intramolecular Hbond substituents is 2. The Kier molecular flexibility index (Phi) is 7.86. The summed E-state index contributed by atoms with van der Waals surface area (Å²) in [5, 5.41) is 81.8. The molecule has 0 spiro atoms. The van der Waals surface area contributed by atoms with Gasteiger partial charge in [0, 0.05) is 11.6 Å². The van der Waals surface area contributed by atoms with E-state index in [1.807, 2.05) is 0 Å². The molecular formula is C26H32O12. The SMILES string of the molecule is CC(C)(O)CCc1c(O[C@@H]2O[C@H](CO)[C@@H](O)[C@H](O)[C@H]2O)cc2c(c1O)C(=O)C(O)C(c1ccc(O)cc1)O2. The van der Waals surface area contributed by atoms with Gasteiger partial charge in [-0.05, 0) is 44.4 Å². The Hall–Kier alpha value is -2.97. The van der Waals surface area contributed by atoms with Crippen LogP contribution in [0.3, 0.4) is 0 Å². The number of hydrogen-bond donors (Lipinski definition) is 8. The van der Waals surface area contributed by atoms with E-state index >= 15 is 0 Å². The van der Waals surface area contributed by atoms with Gasteiger partial charge in [-0.25, -0.2) is 0 Å². The van der Waals surface area contributed by atoms with Gasteiger partial charge in [-0.15, -0.1) is 0 Å². The van der Waals surface area contributed by atoms with Crippen LogP contribution in [-0.4, -0.2) is 95.7 Å². The fraction of sp³-hybridized carbons (Fsp3) is 0.500. The number of Topliss-reactive ketones (excluding diaryl/α,β-unsaturated/α-hetero) is 1. The average molecular weight is 537 g/mol. The Labute approximate surface area is 217 Å². The molecule has 0 amide bonds. The van der Waals surface area contributed by atoms with Crippen molar-refractivity contribution in [2.45, 2.75) is 75.2 Å². The minimum atomic E-state index is -1.75. The van der Waals surface area contributed by atoms with E-state index in [0.29, 0.717) is 5.56 Å². The first-order valence-corrected chi connectivity index (χ1v) is 12.1. The molecule has 2 aromatic carbocycles. The quantitative estimate of drug-likeness (QED) is 0.229. The zero-order chi connectivity index (χ0) is 27.9. The van der Waals surface area contributed by atoms with E-state index in [0.717, 1.165) is 0 Å². The number of phenols is 2. The Morgan fingerprint density at radius 3 is 2.26 bits per heavy atom. The second-order valence-corrected chi connectivity index (χ2v) is 10.1. The van der Waals surface area contributed by atoms with Gasteiger partial charge in [-0.1, -0.05) is 12.1 Å². The number of hydrogen-bond acceptors (Lipinski definition) is 12. The highest BCUT2D eigenvalue weighted by Crippen LogP contribution is 2.46. The third-order valence-electron chi connectivity index (χ3n) is 6.68. The van der Waals surface area contributed by atoms with Gasteiger partial charge in [0.15, 0.2) is 12.2 Å². The summed E-state index contributed by atoms with van der Waals surface area (Å²) in [6.07, 6.45) is -10.7. The first-order chi connectivity index (χ1) is 17.8. The molecule has 0 bridgehead atoms. The first kappa shape index (κ1) is 28.0. The number of carbonyl (C=O) groups excluding carboxylic acids is 1. The number of carbonyl (C=O) groups is 1. The molecule has 0 aliphatic carbocycles. The molecule has 2 unspecified atom stereocenters. The molecule has 12 heteroatoms. The lowest BCUT2D eigenvalue weighted by Gasteiger charge is -2.40. The Bertz CT molecular complexity index is 1160. The van der Waals surface area contributed by atoms with Crippen molar-refractivity contribution in [1.82, 2.24) is 0 Å². The van der Waals surface area contributed by atoms with Gasteiger partial charge >= 0.3 is 0 Å². The summed E-state index contributed by atoms with van der Waals surface area (Å²) < 4.78 is 17.1. The summed E-state index contributed by atoms with van der Waals surface area (Å²) in [5.74, 6) is -1.70. The molecular weight excluding hydrogens is 504 g/mol. The summed E-state index contributed by atoms with van der Waals surface area (Å²) in [6.45, 7) is 2.40. The van der Waals surface area contributed by atoms with Crippen LogP contribution in [0.5, 0.6) is 23.0 Å². The molecule has 2 aliphatic heterocycles. The van der Waals surface area contributed by atoms with Crippen LogP contribution in [0.2, 0.25) is 0 Å². The largest absolute Gasteiger partial charge is 0.508 e. The molecule has 12 nitrogen and oxygen atoms in total. The monoisotopic (exact) mass is 536 g/mol. The van der Waals surface area contributed by atoms with Crippen LogP contribution in [0.15, 0.2) is 30.3 Å². The lowest BCUT2D eigenvalue weighted by Crippen LogP contribution is -2.60. The second kappa shape index (κ2) is 10.7. The number of benzene rings is 2. The van der Waals surface area contributed by atoms with Gasteiger partial charge in [0.05, 0.1) is 12.2 Å². The van der Waals surface area contributed by atoms with E-state index in [9.17, 15) is 45.6 Å². The number of aliphatic hydroxyl groups excluding tert-OH is 5. The number of ketones is 1. The molecule has 7 atom stereocenters. The number of fused-ring (bicyclic) bond motifs is 1. The van der Waals surface area contributed by atoms with Gasteiger partial charge in [-0.3, -0.25) is 4.79 Å². The van der Waals surface area contributed by atoms with Crippen LogP contribution in [0.1, 0.15) is 47.9 Å². The number of ether oxygens (including phenoxy) is 3. The molecule has 4 rings (SSSR count). The van der Waals surface area contributed by atoms with E-state index in [2.05, 4.69) is 0 Å². The second-order valence-electron chi connectivity index (χ2n) is 10.1. The lowest BCUT2D eigenvalue weighted by molar-refractivity contribution is -0.277. The molecule has 0 aromatic heterocycles. The molecule has 8 N–H and O–H groups in total. The van der Waals surface area contributed by atoms with E-state index in [1.165, 1.54) is 30.3 Å². The van der Waals surface area contributed by atoms with Crippen LogP contribution in [-0.2, 0) is 11.2 Å². The molecule has 2 aliphatic rings. The van der Waals surface area contributed by atoms with Gasteiger partial charge in [0.25, 0.3) is 0 Å². The summed E-state index contributed by atoms with van der Waals surface area (Å²) in [6, 6.07) is 6.90. The van der Waals surface area contributed by atoms with Crippen LogP contribution in [0, 0.1) is 0 Å². The Morgan fingerprint density at radius 1 is 1.00 bits per heavy atom. The Morgan fingerprint density at radius 2 is 1.66 bits per heavy atom. The van der Waals surface area contributed by atoms with Gasteiger partial charge in [-0.2, -0.15) is 0 Å². The third kappa shape index (κ3) is 5.43. The van der Waals surface area contributed by atoms with Crippen LogP contribution in [0.25, 0.3) is 0 Å². The van der Waals surface area contributed by atoms with Crippen molar-refractivity contribution >= 4 is 5.78 Å². The van der Waals surface area contributed by atoms with Crippen molar-refractivity contribution in [3.8, 4) is 23.0 Å². The molecule has 0 saturated carbocycles. The molecule has 1 fully saturated rings. The van der Waals surface area contributed by atoms with Crippen molar-refractivity contribution in [3.05, 3.63) is 47.0 Å². The van der Waals surface area contributed by atoms with E-state index in [-0.39, 0.29) is 41.2 Å². The fourth-order valence-electron chi connectivity index (χ4n) is 4.46. The maximum absolute atomic E-state index is 13.2. The Balaban J connectivity index is 1.76. The van der Waals surface area contributed by atoms with Gasteiger partial charge in [0.1, 0.15) is 53.0 Å². The van der Waals surface area contributed by atoms with Crippen molar-refractivity contribution in [1.29, 1.82) is 0 Å². The molecule has 2 heterocycles. The van der Waals surface area contributed by atoms with Crippen LogP contribution in [0.4, 0.5) is 0 Å². The highest BCUT2D eigenvalue weighted by atomic mass is 16.7. The van der Waals surface area contributed by atoms with Gasteiger partial charge < -0.3 is 55.1 Å². The smallest absolute Gasteiger partial charge is 0.229 e. The van der Waals surface area contributed by atoms with Crippen molar-refractivity contribution in [2.24, 2.45) is 0 Å². The lowest BCUT2D eigenvalue weighted by atomic mass is 9.89. The minimum absolute atomic E-state index is 0.0138. The standard InChI is InChI=1S/C26H32O12/c1-26(2,35)8-7-13-14(37-25-23(34)21(32)19(30)16(10-27)38-25)9-15-17(18(13)29)20(31)22(33)24(36-15)11-3-5-12(28)6-4-11/h3-6,9,16,19,21-25,27-30,32-35H,7-8,10H2,1-2H3/t16-,19-,21+,22?,23-,24?,25-/m1/s1. The molecule has 0 radical (unpaired) electrons. The number of aromatic hydroxyl groups is 2.